The van der Waals surface area contributed by atoms with E-state index < -0.39 is 0 Å². The first kappa shape index (κ1) is 12.9. The Balaban J connectivity index is 1.87. The summed E-state index contributed by atoms with van der Waals surface area (Å²) in [6.45, 7) is 0. The Labute approximate surface area is 122 Å². The number of hydrogen-bond acceptors (Lipinski definition) is 1. The number of halogens is 1. The first-order chi connectivity index (χ1) is 9.72. The molecule has 0 unspecified atom stereocenters. The van der Waals surface area contributed by atoms with Crippen LogP contribution in [0.1, 0.15) is 15.9 Å². The lowest BCUT2D eigenvalue weighted by atomic mass is 10.0. The summed E-state index contributed by atoms with van der Waals surface area (Å²) in [7, 11) is 0. The quantitative estimate of drug-likeness (QED) is 0.623. The highest BCUT2D eigenvalue weighted by atomic mass is 35.5. The fourth-order valence-electron chi connectivity index (χ4n) is 2.30. The molecule has 0 saturated carbocycles. The van der Waals surface area contributed by atoms with Gasteiger partial charge in [0.2, 0.25) is 0 Å². The molecule has 3 aromatic carbocycles. The van der Waals surface area contributed by atoms with Crippen molar-refractivity contribution < 1.29 is 4.79 Å². The van der Waals surface area contributed by atoms with Gasteiger partial charge in [0.25, 0.3) is 0 Å². The van der Waals surface area contributed by atoms with E-state index >= 15 is 0 Å². The van der Waals surface area contributed by atoms with Gasteiger partial charge in [0, 0.05) is 17.0 Å². The van der Waals surface area contributed by atoms with Gasteiger partial charge in [-0.1, -0.05) is 66.2 Å². The van der Waals surface area contributed by atoms with E-state index in [0.717, 1.165) is 10.9 Å². The number of Topliss-reactive ketones (excluding diaryl/α,β-unsaturated/α-hetero) is 1. The molecule has 0 aliphatic heterocycles. The van der Waals surface area contributed by atoms with Crippen molar-refractivity contribution in [2.45, 2.75) is 6.42 Å². The van der Waals surface area contributed by atoms with Crippen LogP contribution < -0.4 is 0 Å². The van der Waals surface area contributed by atoms with Crippen molar-refractivity contribution in [2.75, 3.05) is 0 Å². The minimum absolute atomic E-state index is 0.0859. The topological polar surface area (TPSA) is 17.1 Å². The van der Waals surface area contributed by atoms with E-state index in [-0.39, 0.29) is 5.78 Å². The summed E-state index contributed by atoms with van der Waals surface area (Å²) < 4.78 is 0. The monoisotopic (exact) mass is 280 g/mol. The van der Waals surface area contributed by atoms with Gasteiger partial charge >= 0.3 is 0 Å². The third-order valence-corrected chi connectivity index (χ3v) is 3.56. The Bertz CT molecular complexity index is 777. The summed E-state index contributed by atoms with van der Waals surface area (Å²) in [6, 6.07) is 21.4. The van der Waals surface area contributed by atoms with E-state index in [4.69, 9.17) is 11.6 Å². The number of ketones is 1. The second-order valence-electron chi connectivity index (χ2n) is 4.79. The smallest absolute Gasteiger partial charge is 0.167 e. The number of carbonyl (C=O) groups excluding carboxylic acids is 1. The lowest BCUT2D eigenvalue weighted by Gasteiger charge is -2.04. The molecule has 1 nitrogen and oxygen atoms in total. The fraction of sp³-hybridized carbons (Fsp3) is 0.0556. The van der Waals surface area contributed by atoms with Crippen LogP contribution in [0.25, 0.3) is 10.8 Å². The summed E-state index contributed by atoms with van der Waals surface area (Å²) >= 11 is 5.92. The maximum absolute atomic E-state index is 12.2. The van der Waals surface area contributed by atoms with Crippen molar-refractivity contribution in [1.29, 1.82) is 0 Å². The van der Waals surface area contributed by atoms with E-state index in [2.05, 4.69) is 24.3 Å². The zero-order chi connectivity index (χ0) is 13.9. The Morgan fingerprint density at radius 3 is 2.45 bits per heavy atom. The Morgan fingerprint density at radius 1 is 0.850 bits per heavy atom. The van der Waals surface area contributed by atoms with Gasteiger partial charge in [-0.05, 0) is 28.5 Å². The normalized spacial score (nSPS) is 10.7. The van der Waals surface area contributed by atoms with Crippen molar-refractivity contribution in [3.05, 3.63) is 82.9 Å². The first-order valence-electron chi connectivity index (χ1n) is 6.49. The molecule has 3 rings (SSSR count). The maximum atomic E-state index is 12.2. The zero-order valence-corrected chi connectivity index (χ0v) is 11.6. The number of carbonyl (C=O) groups is 1. The van der Waals surface area contributed by atoms with Crippen molar-refractivity contribution in [1.82, 2.24) is 0 Å². The van der Waals surface area contributed by atoms with Crippen LogP contribution in [0.5, 0.6) is 0 Å². The van der Waals surface area contributed by atoms with Gasteiger partial charge in [0.05, 0.1) is 0 Å². The molecule has 0 aromatic heterocycles. The van der Waals surface area contributed by atoms with Gasteiger partial charge in [-0.25, -0.2) is 0 Å². The van der Waals surface area contributed by atoms with E-state index in [0.29, 0.717) is 17.0 Å². The minimum Gasteiger partial charge on any atom is -0.294 e. The molecule has 0 amide bonds. The summed E-state index contributed by atoms with van der Waals surface area (Å²) in [5, 5.41) is 2.93. The molecule has 0 N–H and O–H groups in total. The van der Waals surface area contributed by atoms with Gasteiger partial charge in [-0.15, -0.1) is 0 Å². The van der Waals surface area contributed by atoms with Gasteiger partial charge in [-0.2, -0.15) is 0 Å². The highest BCUT2D eigenvalue weighted by molar-refractivity contribution is 6.31. The number of benzene rings is 3. The predicted octanol–water partition coefficient (Wildman–Crippen LogP) is 4.92. The molecule has 0 atom stereocenters. The molecule has 98 valence electrons. The standard InChI is InChI=1S/C18H13ClO/c19-17-7-3-6-16(12-17)18(20)11-13-8-9-14-4-1-2-5-15(14)10-13/h1-10,12H,11H2. The summed E-state index contributed by atoms with van der Waals surface area (Å²) in [5.74, 6) is 0.0859. The van der Waals surface area contributed by atoms with E-state index in [1.165, 1.54) is 5.39 Å². The van der Waals surface area contributed by atoms with E-state index in [1.54, 1.807) is 24.3 Å². The SMILES string of the molecule is O=C(Cc1ccc2ccccc2c1)c1cccc(Cl)c1. The van der Waals surface area contributed by atoms with Crippen molar-refractivity contribution in [3.63, 3.8) is 0 Å². The molecule has 20 heavy (non-hydrogen) atoms. The number of hydrogen-bond donors (Lipinski definition) is 0. The van der Waals surface area contributed by atoms with Gasteiger partial charge in [0.1, 0.15) is 0 Å². The van der Waals surface area contributed by atoms with Crippen LogP contribution in [0.3, 0.4) is 0 Å². The van der Waals surface area contributed by atoms with Gasteiger partial charge < -0.3 is 0 Å². The van der Waals surface area contributed by atoms with Crippen molar-refractivity contribution in [2.24, 2.45) is 0 Å². The van der Waals surface area contributed by atoms with Crippen LogP contribution in [-0.2, 0) is 6.42 Å². The molecule has 2 heteroatoms. The van der Waals surface area contributed by atoms with Crippen LogP contribution in [0.15, 0.2) is 66.7 Å². The maximum Gasteiger partial charge on any atom is 0.167 e. The number of rotatable bonds is 3. The summed E-state index contributed by atoms with van der Waals surface area (Å²) in [4.78, 5) is 12.2. The van der Waals surface area contributed by atoms with E-state index in [1.807, 2.05) is 18.2 Å². The highest BCUT2D eigenvalue weighted by Crippen LogP contribution is 2.18. The van der Waals surface area contributed by atoms with Crippen molar-refractivity contribution >= 4 is 28.2 Å². The molecular weight excluding hydrogens is 268 g/mol. The van der Waals surface area contributed by atoms with Crippen LogP contribution >= 0.6 is 11.6 Å². The molecule has 0 aliphatic carbocycles. The third-order valence-electron chi connectivity index (χ3n) is 3.33. The highest BCUT2D eigenvalue weighted by Gasteiger charge is 2.08. The summed E-state index contributed by atoms with van der Waals surface area (Å²) in [5.41, 5.74) is 1.68. The first-order valence-corrected chi connectivity index (χ1v) is 6.86. The Morgan fingerprint density at radius 2 is 1.65 bits per heavy atom. The average Bonchev–Trinajstić information content (AvgIpc) is 2.47. The lowest BCUT2D eigenvalue weighted by molar-refractivity contribution is 0.0993. The second-order valence-corrected chi connectivity index (χ2v) is 5.23. The lowest BCUT2D eigenvalue weighted by Crippen LogP contribution is -2.03. The molecule has 0 saturated heterocycles. The van der Waals surface area contributed by atoms with E-state index in [9.17, 15) is 4.79 Å². The fourth-order valence-corrected chi connectivity index (χ4v) is 2.49. The number of fused-ring (bicyclic) bond motifs is 1. The summed E-state index contributed by atoms with van der Waals surface area (Å²) in [6.07, 6.45) is 0.394. The molecular formula is C18H13ClO. The predicted molar refractivity (Wildman–Crippen MR) is 83.4 cm³/mol. The molecule has 0 radical (unpaired) electrons. The largest absolute Gasteiger partial charge is 0.294 e. The van der Waals surface area contributed by atoms with Gasteiger partial charge in [-0.3, -0.25) is 4.79 Å². The second kappa shape index (κ2) is 5.48. The molecule has 0 bridgehead atoms. The van der Waals surface area contributed by atoms with Crippen LogP contribution in [0.4, 0.5) is 0 Å². The average molecular weight is 281 g/mol. The minimum atomic E-state index is 0.0859. The van der Waals surface area contributed by atoms with Crippen LogP contribution in [0, 0.1) is 0 Å². The van der Waals surface area contributed by atoms with Crippen LogP contribution in [0.2, 0.25) is 5.02 Å². The molecule has 3 aromatic rings. The Kier molecular flexibility index (Phi) is 3.53. The molecule has 0 spiro atoms. The zero-order valence-electron chi connectivity index (χ0n) is 10.8. The van der Waals surface area contributed by atoms with Crippen molar-refractivity contribution in [3.8, 4) is 0 Å². The molecule has 0 aliphatic rings. The molecule has 0 heterocycles. The van der Waals surface area contributed by atoms with Gasteiger partial charge in [0.15, 0.2) is 5.78 Å². The van der Waals surface area contributed by atoms with Crippen LogP contribution in [-0.4, -0.2) is 5.78 Å². The Hall–Kier alpha value is -2.12. The third kappa shape index (κ3) is 2.73. The molecule has 0 fully saturated rings.